The summed E-state index contributed by atoms with van der Waals surface area (Å²) in [4.78, 5) is 24.7. The predicted molar refractivity (Wildman–Crippen MR) is 78.0 cm³/mol. The summed E-state index contributed by atoms with van der Waals surface area (Å²) < 4.78 is 26.4. The van der Waals surface area contributed by atoms with Gasteiger partial charge in [-0.05, 0) is 32.0 Å². The Balaban J connectivity index is 2.49. The predicted octanol–water partition coefficient (Wildman–Crippen LogP) is 2.04. The quantitative estimate of drug-likeness (QED) is 0.817. The lowest BCUT2D eigenvalue weighted by Gasteiger charge is -2.17. The van der Waals surface area contributed by atoms with Gasteiger partial charge in [-0.15, -0.1) is 11.8 Å². The van der Waals surface area contributed by atoms with Crippen LogP contribution in [0.25, 0.3) is 0 Å². The maximum absolute atomic E-state index is 13.4. The van der Waals surface area contributed by atoms with Gasteiger partial charge in [-0.2, -0.15) is 0 Å². The fraction of sp³-hybridized carbons (Fsp3) is 0.429. The summed E-state index contributed by atoms with van der Waals surface area (Å²) in [6.45, 7) is 3.58. The molecule has 1 N–H and O–H groups in total. The highest BCUT2D eigenvalue weighted by molar-refractivity contribution is 8.00. The number of carbonyl (C=O) groups is 2. The van der Waals surface area contributed by atoms with E-state index in [0.29, 0.717) is 0 Å². The molecule has 7 heteroatoms. The second kappa shape index (κ2) is 7.97. The molecular formula is C14H18F2N2O2S. The third kappa shape index (κ3) is 6.12. The largest absolute Gasteiger partial charge is 0.352 e. The molecule has 0 atom stereocenters. The van der Waals surface area contributed by atoms with Gasteiger partial charge < -0.3 is 10.2 Å². The molecule has 0 aliphatic heterocycles. The Hall–Kier alpha value is -1.63. The molecule has 1 aromatic rings. The lowest BCUT2D eigenvalue weighted by Crippen LogP contribution is -2.41. The molecule has 0 radical (unpaired) electrons. The number of likely N-dealkylation sites (N-methyl/N-ethyl adjacent to an activating group) is 1. The lowest BCUT2D eigenvalue weighted by molar-refractivity contribution is -0.132. The van der Waals surface area contributed by atoms with Crippen molar-refractivity contribution < 1.29 is 18.4 Å². The van der Waals surface area contributed by atoms with Crippen molar-refractivity contribution in [2.24, 2.45) is 0 Å². The number of hydrogen-bond acceptors (Lipinski definition) is 3. The summed E-state index contributed by atoms with van der Waals surface area (Å²) in [5, 5.41) is 2.67. The summed E-state index contributed by atoms with van der Waals surface area (Å²) in [5.74, 6) is -1.79. The van der Waals surface area contributed by atoms with Gasteiger partial charge in [0.15, 0.2) is 0 Å². The van der Waals surface area contributed by atoms with Crippen LogP contribution in [-0.4, -0.2) is 42.1 Å². The van der Waals surface area contributed by atoms with Crippen molar-refractivity contribution in [3.63, 3.8) is 0 Å². The Morgan fingerprint density at radius 2 is 2.00 bits per heavy atom. The number of thioether (sulfide) groups is 1. The molecule has 2 amide bonds. The minimum absolute atomic E-state index is 0.00299. The van der Waals surface area contributed by atoms with Gasteiger partial charge in [0.2, 0.25) is 11.8 Å². The van der Waals surface area contributed by atoms with E-state index >= 15 is 0 Å². The van der Waals surface area contributed by atoms with Crippen molar-refractivity contribution in [1.82, 2.24) is 10.2 Å². The summed E-state index contributed by atoms with van der Waals surface area (Å²) in [5.41, 5.74) is 0. The summed E-state index contributed by atoms with van der Waals surface area (Å²) in [6.07, 6.45) is 0. The highest BCUT2D eigenvalue weighted by atomic mass is 32.2. The van der Waals surface area contributed by atoms with Crippen LogP contribution in [0.1, 0.15) is 13.8 Å². The first-order valence-corrected chi connectivity index (χ1v) is 7.39. The van der Waals surface area contributed by atoms with Crippen LogP contribution < -0.4 is 5.32 Å². The van der Waals surface area contributed by atoms with Crippen LogP contribution in [0.4, 0.5) is 8.78 Å². The molecule has 0 saturated heterocycles. The number of halogens is 2. The lowest BCUT2D eigenvalue weighted by atomic mass is 10.3. The fourth-order valence-electron chi connectivity index (χ4n) is 1.51. The molecule has 1 aromatic carbocycles. The Bertz CT molecular complexity index is 524. The molecule has 0 heterocycles. The third-order valence-electron chi connectivity index (χ3n) is 2.50. The minimum atomic E-state index is -0.575. The number of nitrogens with zero attached hydrogens (tertiary/aromatic N) is 1. The summed E-state index contributed by atoms with van der Waals surface area (Å²) in [7, 11) is 1.49. The van der Waals surface area contributed by atoms with E-state index in [-0.39, 0.29) is 35.0 Å². The van der Waals surface area contributed by atoms with Gasteiger partial charge in [-0.3, -0.25) is 9.59 Å². The average Bonchev–Trinajstić information content (AvgIpc) is 2.38. The monoisotopic (exact) mass is 316 g/mol. The van der Waals surface area contributed by atoms with Crippen LogP contribution in [0.5, 0.6) is 0 Å². The van der Waals surface area contributed by atoms with E-state index < -0.39 is 11.6 Å². The minimum Gasteiger partial charge on any atom is -0.352 e. The van der Waals surface area contributed by atoms with Crippen molar-refractivity contribution in [3.05, 3.63) is 29.8 Å². The van der Waals surface area contributed by atoms with Crippen LogP contribution in [0.3, 0.4) is 0 Å². The summed E-state index contributed by atoms with van der Waals surface area (Å²) >= 11 is 0.901. The van der Waals surface area contributed by atoms with Crippen molar-refractivity contribution >= 4 is 23.6 Å². The van der Waals surface area contributed by atoms with Crippen LogP contribution in [0.15, 0.2) is 23.1 Å². The molecule has 0 spiro atoms. The van der Waals surface area contributed by atoms with E-state index in [4.69, 9.17) is 0 Å². The van der Waals surface area contributed by atoms with E-state index in [1.54, 1.807) is 0 Å². The van der Waals surface area contributed by atoms with Gasteiger partial charge in [0.05, 0.1) is 12.3 Å². The Morgan fingerprint density at radius 1 is 1.33 bits per heavy atom. The number of amides is 2. The first-order chi connectivity index (χ1) is 9.79. The van der Waals surface area contributed by atoms with Crippen LogP contribution in [0.2, 0.25) is 0 Å². The topological polar surface area (TPSA) is 49.4 Å². The van der Waals surface area contributed by atoms with Gasteiger partial charge in [-0.25, -0.2) is 8.78 Å². The average molecular weight is 316 g/mol. The molecule has 0 fully saturated rings. The molecule has 0 aliphatic rings. The molecule has 1 rings (SSSR count). The first kappa shape index (κ1) is 17.4. The molecule has 4 nitrogen and oxygen atoms in total. The number of benzene rings is 1. The highest BCUT2D eigenvalue weighted by Gasteiger charge is 2.15. The molecule has 0 aliphatic carbocycles. The first-order valence-electron chi connectivity index (χ1n) is 6.40. The molecule has 116 valence electrons. The zero-order chi connectivity index (χ0) is 16.0. The van der Waals surface area contributed by atoms with E-state index in [2.05, 4.69) is 5.32 Å². The fourth-order valence-corrected chi connectivity index (χ4v) is 2.41. The van der Waals surface area contributed by atoms with E-state index in [9.17, 15) is 18.4 Å². The molecule has 0 aromatic heterocycles. The van der Waals surface area contributed by atoms with Gasteiger partial charge in [0.1, 0.15) is 11.6 Å². The molecule has 21 heavy (non-hydrogen) atoms. The zero-order valence-corrected chi connectivity index (χ0v) is 13.0. The van der Waals surface area contributed by atoms with E-state index in [1.807, 2.05) is 13.8 Å². The normalized spacial score (nSPS) is 10.6. The van der Waals surface area contributed by atoms with Crippen LogP contribution >= 0.6 is 11.8 Å². The molecule has 0 unspecified atom stereocenters. The number of rotatable bonds is 6. The summed E-state index contributed by atoms with van der Waals surface area (Å²) in [6, 6.07) is 3.07. The SMILES string of the molecule is CC(C)NC(=O)CN(C)C(=O)CSc1cc(F)ccc1F. The van der Waals surface area contributed by atoms with Crippen LogP contribution in [0, 0.1) is 11.6 Å². The smallest absolute Gasteiger partial charge is 0.239 e. The van der Waals surface area contributed by atoms with Gasteiger partial charge in [0, 0.05) is 18.0 Å². The highest BCUT2D eigenvalue weighted by Crippen LogP contribution is 2.22. The van der Waals surface area contributed by atoms with Gasteiger partial charge in [-0.1, -0.05) is 0 Å². The number of nitrogens with one attached hydrogen (secondary N) is 1. The van der Waals surface area contributed by atoms with Crippen molar-refractivity contribution in [1.29, 1.82) is 0 Å². The number of carbonyl (C=O) groups excluding carboxylic acids is 2. The second-order valence-electron chi connectivity index (χ2n) is 4.84. The third-order valence-corrected chi connectivity index (χ3v) is 3.52. The maximum Gasteiger partial charge on any atom is 0.239 e. The Kier molecular flexibility index (Phi) is 6.61. The second-order valence-corrected chi connectivity index (χ2v) is 5.85. The molecular weight excluding hydrogens is 298 g/mol. The van der Waals surface area contributed by atoms with E-state index in [1.165, 1.54) is 11.9 Å². The van der Waals surface area contributed by atoms with Crippen molar-refractivity contribution in [2.75, 3.05) is 19.3 Å². The number of hydrogen-bond donors (Lipinski definition) is 1. The molecule has 0 bridgehead atoms. The van der Waals surface area contributed by atoms with Crippen molar-refractivity contribution in [2.45, 2.75) is 24.8 Å². The Morgan fingerprint density at radius 3 is 2.62 bits per heavy atom. The van der Waals surface area contributed by atoms with Gasteiger partial charge in [0.25, 0.3) is 0 Å². The zero-order valence-electron chi connectivity index (χ0n) is 12.2. The maximum atomic E-state index is 13.4. The Labute approximate surface area is 126 Å². The van der Waals surface area contributed by atoms with Crippen molar-refractivity contribution in [3.8, 4) is 0 Å². The van der Waals surface area contributed by atoms with Gasteiger partial charge >= 0.3 is 0 Å². The molecule has 0 saturated carbocycles. The standard InChI is InChI=1S/C14H18F2N2O2S/c1-9(2)17-13(19)7-18(3)14(20)8-21-12-6-10(15)4-5-11(12)16/h4-6,9H,7-8H2,1-3H3,(H,17,19). The van der Waals surface area contributed by atoms with E-state index in [0.717, 1.165) is 30.0 Å². The van der Waals surface area contributed by atoms with Crippen LogP contribution in [-0.2, 0) is 9.59 Å².